The quantitative estimate of drug-likeness (QED) is 0.713. The Hall–Kier alpha value is -2.47. The highest BCUT2D eigenvalue weighted by Crippen LogP contribution is 2.15. The minimum Gasteiger partial charge on any atom is -0.478 e. The van der Waals surface area contributed by atoms with Crippen LogP contribution in [-0.2, 0) is 10.5 Å². The Kier molecular flexibility index (Phi) is 5.43. The minimum atomic E-state index is -0.989. The number of carboxylic acids is 1. The van der Waals surface area contributed by atoms with Crippen LogP contribution in [0.2, 0.25) is 0 Å². The van der Waals surface area contributed by atoms with E-state index >= 15 is 0 Å². The summed E-state index contributed by atoms with van der Waals surface area (Å²) in [5.74, 6) is -0.0584. The summed E-state index contributed by atoms with van der Waals surface area (Å²) in [5, 5.41) is 11.5. The highest BCUT2D eigenvalue weighted by atomic mass is 32.2. The SMILES string of the molecule is Nc1ccc(CSCC(=O)Nc2ccc(C(=O)O)cc2)cc1. The third-order valence-corrected chi connectivity index (χ3v) is 3.90. The van der Waals surface area contributed by atoms with Crippen LogP contribution in [0.5, 0.6) is 0 Å². The number of carbonyl (C=O) groups is 2. The minimum absolute atomic E-state index is 0.122. The van der Waals surface area contributed by atoms with Crippen LogP contribution in [0.3, 0.4) is 0 Å². The maximum atomic E-state index is 11.8. The van der Waals surface area contributed by atoms with Crippen molar-refractivity contribution in [3.05, 3.63) is 59.7 Å². The second-order valence-corrected chi connectivity index (χ2v) is 5.65. The average molecular weight is 316 g/mol. The fraction of sp³-hybridized carbons (Fsp3) is 0.125. The number of hydrogen-bond acceptors (Lipinski definition) is 4. The number of nitrogen functional groups attached to an aromatic ring is 1. The summed E-state index contributed by atoms with van der Waals surface area (Å²) in [6, 6.07) is 13.6. The van der Waals surface area contributed by atoms with E-state index in [2.05, 4.69) is 5.32 Å². The lowest BCUT2D eigenvalue weighted by Crippen LogP contribution is -2.14. The van der Waals surface area contributed by atoms with Gasteiger partial charge < -0.3 is 16.2 Å². The van der Waals surface area contributed by atoms with Crippen LogP contribution in [0.15, 0.2) is 48.5 Å². The number of carboxylic acid groups (broad SMARTS) is 1. The van der Waals surface area contributed by atoms with Crippen molar-refractivity contribution in [1.29, 1.82) is 0 Å². The van der Waals surface area contributed by atoms with E-state index in [1.165, 1.54) is 23.9 Å². The van der Waals surface area contributed by atoms with Crippen molar-refractivity contribution in [2.75, 3.05) is 16.8 Å². The van der Waals surface area contributed by atoms with Gasteiger partial charge in [-0.05, 0) is 42.0 Å². The molecular formula is C16H16N2O3S. The molecule has 0 aliphatic rings. The van der Waals surface area contributed by atoms with E-state index in [1.807, 2.05) is 24.3 Å². The predicted octanol–water partition coefficient (Wildman–Crippen LogP) is 2.84. The summed E-state index contributed by atoms with van der Waals surface area (Å²) in [5.41, 5.74) is 8.22. The van der Waals surface area contributed by atoms with Gasteiger partial charge in [-0.2, -0.15) is 0 Å². The van der Waals surface area contributed by atoms with Crippen molar-refractivity contribution in [2.24, 2.45) is 0 Å². The molecule has 2 aromatic rings. The number of nitrogens with one attached hydrogen (secondary N) is 1. The van der Waals surface area contributed by atoms with Crippen LogP contribution >= 0.6 is 11.8 Å². The topological polar surface area (TPSA) is 92.4 Å². The molecule has 0 aromatic heterocycles. The van der Waals surface area contributed by atoms with Crippen molar-refractivity contribution >= 4 is 35.0 Å². The van der Waals surface area contributed by atoms with Gasteiger partial charge in [0.15, 0.2) is 0 Å². The number of thioether (sulfide) groups is 1. The molecule has 5 nitrogen and oxygen atoms in total. The molecule has 0 spiro atoms. The van der Waals surface area contributed by atoms with E-state index in [0.29, 0.717) is 11.4 Å². The molecule has 4 N–H and O–H groups in total. The van der Waals surface area contributed by atoms with Gasteiger partial charge in [-0.25, -0.2) is 4.79 Å². The van der Waals surface area contributed by atoms with Crippen molar-refractivity contribution in [1.82, 2.24) is 0 Å². The third kappa shape index (κ3) is 4.82. The zero-order valence-corrected chi connectivity index (χ0v) is 12.6. The first-order valence-corrected chi connectivity index (χ1v) is 7.75. The summed E-state index contributed by atoms with van der Waals surface area (Å²) in [4.78, 5) is 22.5. The van der Waals surface area contributed by atoms with Gasteiger partial charge in [0.2, 0.25) is 5.91 Å². The van der Waals surface area contributed by atoms with Gasteiger partial charge in [0.05, 0.1) is 11.3 Å². The van der Waals surface area contributed by atoms with Crippen molar-refractivity contribution in [2.45, 2.75) is 5.75 Å². The number of benzene rings is 2. The van der Waals surface area contributed by atoms with Crippen LogP contribution in [0.4, 0.5) is 11.4 Å². The van der Waals surface area contributed by atoms with Crippen LogP contribution < -0.4 is 11.1 Å². The summed E-state index contributed by atoms with van der Waals surface area (Å²) < 4.78 is 0. The molecule has 0 aliphatic carbocycles. The number of amides is 1. The van der Waals surface area contributed by atoms with Gasteiger partial charge in [-0.15, -0.1) is 11.8 Å². The Morgan fingerprint density at radius 3 is 2.27 bits per heavy atom. The molecule has 0 atom stereocenters. The summed E-state index contributed by atoms with van der Waals surface area (Å²) in [6.07, 6.45) is 0. The lowest BCUT2D eigenvalue weighted by atomic mass is 10.2. The smallest absolute Gasteiger partial charge is 0.335 e. The molecule has 0 aliphatic heterocycles. The van der Waals surface area contributed by atoms with Gasteiger partial charge in [-0.1, -0.05) is 12.1 Å². The first-order valence-electron chi connectivity index (χ1n) is 6.60. The normalized spacial score (nSPS) is 10.2. The lowest BCUT2D eigenvalue weighted by molar-refractivity contribution is -0.113. The molecule has 0 bridgehead atoms. The molecule has 6 heteroatoms. The van der Waals surface area contributed by atoms with Gasteiger partial charge in [0.1, 0.15) is 0 Å². The molecule has 114 valence electrons. The van der Waals surface area contributed by atoms with Gasteiger partial charge in [-0.3, -0.25) is 4.79 Å². The maximum Gasteiger partial charge on any atom is 0.335 e. The van der Waals surface area contributed by atoms with Crippen LogP contribution in [0.25, 0.3) is 0 Å². The average Bonchev–Trinajstić information content (AvgIpc) is 2.50. The Morgan fingerprint density at radius 2 is 1.68 bits per heavy atom. The largest absolute Gasteiger partial charge is 0.478 e. The molecule has 0 fully saturated rings. The first kappa shape index (κ1) is 15.9. The molecule has 0 heterocycles. The van der Waals surface area contributed by atoms with E-state index in [9.17, 15) is 9.59 Å². The summed E-state index contributed by atoms with van der Waals surface area (Å²) >= 11 is 1.50. The summed E-state index contributed by atoms with van der Waals surface area (Å²) in [7, 11) is 0. The zero-order valence-electron chi connectivity index (χ0n) is 11.8. The Bertz CT molecular complexity index is 654. The number of rotatable bonds is 6. The second-order valence-electron chi connectivity index (χ2n) is 4.67. The fourth-order valence-electron chi connectivity index (χ4n) is 1.77. The van der Waals surface area contributed by atoms with Crippen LogP contribution in [0, 0.1) is 0 Å². The maximum absolute atomic E-state index is 11.8. The number of aromatic carboxylic acids is 1. The van der Waals surface area contributed by atoms with Gasteiger partial charge in [0.25, 0.3) is 0 Å². The van der Waals surface area contributed by atoms with E-state index < -0.39 is 5.97 Å². The van der Waals surface area contributed by atoms with Crippen molar-refractivity contribution in [3.8, 4) is 0 Å². The molecule has 0 radical (unpaired) electrons. The van der Waals surface area contributed by atoms with Crippen LogP contribution in [0.1, 0.15) is 15.9 Å². The molecule has 0 saturated heterocycles. The molecule has 22 heavy (non-hydrogen) atoms. The molecule has 0 saturated carbocycles. The number of carbonyl (C=O) groups excluding carboxylic acids is 1. The van der Waals surface area contributed by atoms with Gasteiger partial charge in [0, 0.05) is 17.1 Å². The third-order valence-electron chi connectivity index (χ3n) is 2.90. The van der Waals surface area contributed by atoms with E-state index in [1.54, 1.807) is 12.1 Å². The first-order chi connectivity index (χ1) is 10.5. The van der Waals surface area contributed by atoms with E-state index in [-0.39, 0.29) is 11.5 Å². The number of anilines is 2. The second kappa shape index (κ2) is 7.51. The summed E-state index contributed by atoms with van der Waals surface area (Å²) in [6.45, 7) is 0. The Labute approximate surface area is 132 Å². The monoisotopic (exact) mass is 316 g/mol. The highest BCUT2D eigenvalue weighted by Gasteiger charge is 2.05. The highest BCUT2D eigenvalue weighted by molar-refractivity contribution is 7.99. The Morgan fingerprint density at radius 1 is 1.05 bits per heavy atom. The molecule has 0 unspecified atom stereocenters. The number of nitrogens with two attached hydrogens (primary N) is 1. The standard InChI is InChI=1S/C16H16N2O3S/c17-13-5-1-11(2-6-13)9-22-10-15(19)18-14-7-3-12(4-8-14)16(20)21/h1-8H,9-10,17H2,(H,18,19)(H,20,21). The zero-order chi connectivity index (χ0) is 15.9. The molecule has 2 rings (SSSR count). The number of hydrogen-bond donors (Lipinski definition) is 3. The van der Waals surface area contributed by atoms with E-state index in [4.69, 9.17) is 10.8 Å². The molecule has 1 amide bonds. The Balaban J connectivity index is 1.77. The lowest BCUT2D eigenvalue weighted by Gasteiger charge is -2.06. The predicted molar refractivity (Wildman–Crippen MR) is 89.0 cm³/mol. The van der Waals surface area contributed by atoms with Gasteiger partial charge >= 0.3 is 5.97 Å². The van der Waals surface area contributed by atoms with Crippen LogP contribution in [-0.4, -0.2) is 22.7 Å². The molecule has 2 aromatic carbocycles. The van der Waals surface area contributed by atoms with Crippen molar-refractivity contribution in [3.63, 3.8) is 0 Å². The van der Waals surface area contributed by atoms with E-state index in [0.717, 1.165) is 17.0 Å². The fourth-order valence-corrected chi connectivity index (χ4v) is 2.56. The van der Waals surface area contributed by atoms with Crippen molar-refractivity contribution < 1.29 is 14.7 Å². The molecular weight excluding hydrogens is 300 g/mol.